The highest BCUT2D eigenvalue weighted by molar-refractivity contribution is 6.34. The Bertz CT molecular complexity index is 994. The number of halogens is 4. The molecule has 0 bridgehead atoms. The number of hydrogen-bond acceptors (Lipinski definition) is 4. The SMILES string of the molecule is O=C(COC(=O)c1cccc(N2CCCC2=O)c1)Nc1c(Cl)cccc1C(F)(F)F. The number of amides is 2. The molecule has 1 heterocycles. The van der Waals surface area contributed by atoms with Crippen LogP contribution in [-0.2, 0) is 20.5 Å². The molecule has 1 saturated heterocycles. The van der Waals surface area contributed by atoms with E-state index in [1.54, 1.807) is 17.0 Å². The number of hydrogen-bond donors (Lipinski definition) is 1. The van der Waals surface area contributed by atoms with Crippen molar-refractivity contribution in [1.82, 2.24) is 0 Å². The zero-order valence-electron chi connectivity index (χ0n) is 15.5. The van der Waals surface area contributed by atoms with Crippen molar-refractivity contribution in [2.75, 3.05) is 23.4 Å². The number of anilines is 2. The Balaban J connectivity index is 1.65. The maximum absolute atomic E-state index is 13.1. The zero-order chi connectivity index (χ0) is 21.9. The molecule has 2 amide bonds. The minimum Gasteiger partial charge on any atom is -0.452 e. The second kappa shape index (κ2) is 8.74. The average molecular weight is 441 g/mol. The fraction of sp³-hybridized carbons (Fsp3) is 0.250. The Morgan fingerprint density at radius 3 is 2.57 bits per heavy atom. The molecular weight excluding hydrogens is 425 g/mol. The number of rotatable bonds is 5. The highest BCUT2D eigenvalue weighted by Crippen LogP contribution is 2.38. The first-order chi connectivity index (χ1) is 14.2. The monoisotopic (exact) mass is 440 g/mol. The van der Waals surface area contributed by atoms with Gasteiger partial charge < -0.3 is 15.0 Å². The number of benzene rings is 2. The standard InChI is InChI=1S/C20H16ClF3N2O4/c21-15-7-2-6-14(20(22,23)24)18(15)25-16(27)11-30-19(29)12-4-1-5-13(10-12)26-9-3-8-17(26)28/h1-2,4-7,10H,3,8-9,11H2,(H,25,27). The maximum atomic E-state index is 13.1. The molecule has 0 radical (unpaired) electrons. The van der Waals surface area contributed by atoms with Gasteiger partial charge >= 0.3 is 12.1 Å². The van der Waals surface area contributed by atoms with E-state index in [1.807, 2.05) is 5.32 Å². The smallest absolute Gasteiger partial charge is 0.418 e. The summed E-state index contributed by atoms with van der Waals surface area (Å²) in [6.07, 6.45) is -3.58. The van der Waals surface area contributed by atoms with Crippen LogP contribution in [0, 0.1) is 0 Å². The van der Waals surface area contributed by atoms with Crippen molar-refractivity contribution in [1.29, 1.82) is 0 Å². The molecule has 0 spiro atoms. The predicted octanol–water partition coefficient (Wildman–Crippen LogP) is 4.28. The third-order valence-electron chi connectivity index (χ3n) is 4.38. The number of carbonyl (C=O) groups is 3. The number of nitrogens with zero attached hydrogens (tertiary/aromatic N) is 1. The molecule has 1 fully saturated rings. The molecule has 1 N–H and O–H groups in total. The number of carbonyl (C=O) groups excluding carboxylic acids is 3. The molecule has 6 nitrogen and oxygen atoms in total. The molecule has 0 aromatic heterocycles. The van der Waals surface area contributed by atoms with Crippen molar-refractivity contribution < 1.29 is 32.3 Å². The van der Waals surface area contributed by atoms with Crippen LogP contribution in [0.1, 0.15) is 28.8 Å². The second-order valence-corrected chi connectivity index (χ2v) is 6.89. The number of para-hydroxylation sites is 1. The first-order valence-corrected chi connectivity index (χ1v) is 9.27. The summed E-state index contributed by atoms with van der Waals surface area (Å²) in [5, 5.41) is 1.73. The fourth-order valence-corrected chi connectivity index (χ4v) is 3.22. The third-order valence-corrected chi connectivity index (χ3v) is 4.70. The van der Waals surface area contributed by atoms with Gasteiger partial charge in [-0.05, 0) is 36.8 Å². The van der Waals surface area contributed by atoms with Crippen LogP contribution in [0.4, 0.5) is 24.5 Å². The van der Waals surface area contributed by atoms with Gasteiger partial charge in [-0.3, -0.25) is 9.59 Å². The van der Waals surface area contributed by atoms with Crippen LogP contribution in [0.2, 0.25) is 5.02 Å². The summed E-state index contributed by atoms with van der Waals surface area (Å²) >= 11 is 5.77. The number of esters is 1. The van der Waals surface area contributed by atoms with Crippen molar-refractivity contribution in [3.05, 3.63) is 58.6 Å². The molecule has 1 aliphatic rings. The van der Waals surface area contributed by atoms with Crippen LogP contribution in [0.5, 0.6) is 0 Å². The van der Waals surface area contributed by atoms with E-state index in [9.17, 15) is 27.6 Å². The van der Waals surface area contributed by atoms with Gasteiger partial charge in [-0.25, -0.2) is 4.79 Å². The molecule has 1 aliphatic heterocycles. The van der Waals surface area contributed by atoms with Gasteiger partial charge in [0.15, 0.2) is 6.61 Å². The summed E-state index contributed by atoms with van der Waals surface area (Å²) in [6, 6.07) is 9.22. The zero-order valence-corrected chi connectivity index (χ0v) is 16.2. The van der Waals surface area contributed by atoms with Gasteiger partial charge in [0.1, 0.15) is 0 Å². The first-order valence-electron chi connectivity index (χ1n) is 8.90. The van der Waals surface area contributed by atoms with Crippen molar-refractivity contribution in [2.45, 2.75) is 19.0 Å². The molecule has 0 aliphatic carbocycles. The maximum Gasteiger partial charge on any atom is 0.418 e. The Morgan fingerprint density at radius 1 is 1.17 bits per heavy atom. The van der Waals surface area contributed by atoms with Crippen LogP contribution in [-0.4, -0.2) is 30.9 Å². The molecule has 10 heteroatoms. The lowest BCUT2D eigenvalue weighted by atomic mass is 10.1. The van der Waals surface area contributed by atoms with E-state index < -0.39 is 35.9 Å². The number of ether oxygens (including phenoxy) is 1. The van der Waals surface area contributed by atoms with Crippen LogP contribution in [0.15, 0.2) is 42.5 Å². The molecular formula is C20H16ClF3N2O4. The second-order valence-electron chi connectivity index (χ2n) is 6.48. The van der Waals surface area contributed by atoms with Crippen LogP contribution < -0.4 is 10.2 Å². The van der Waals surface area contributed by atoms with Gasteiger partial charge in [-0.15, -0.1) is 0 Å². The molecule has 0 unspecified atom stereocenters. The molecule has 3 rings (SSSR count). The van der Waals surface area contributed by atoms with Gasteiger partial charge in [-0.1, -0.05) is 23.7 Å². The molecule has 158 valence electrons. The van der Waals surface area contributed by atoms with Gasteiger partial charge in [-0.2, -0.15) is 13.2 Å². The van der Waals surface area contributed by atoms with E-state index in [0.717, 1.165) is 18.6 Å². The quantitative estimate of drug-likeness (QED) is 0.704. The Morgan fingerprint density at radius 2 is 1.90 bits per heavy atom. The average Bonchev–Trinajstić information content (AvgIpc) is 3.13. The van der Waals surface area contributed by atoms with Crippen LogP contribution in [0.3, 0.4) is 0 Å². The van der Waals surface area contributed by atoms with Crippen LogP contribution in [0.25, 0.3) is 0 Å². The summed E-state index contributed by atoms with van der Waals surface area (Å²) in [5.41, 5.74) is -1.09. The first kappa shape index (κ1) is 21.6. The summed E-state index contributed by atoms with van der Waals surface area (Å²) in [7, 11) is 0. The molecule has 0 saturated carbocycles. The molecule has 30 heavy (non-hydrogen) atoms. The summed E-state index contributed by atoms with van der Waals surface area (Å²) in [4.78, 5) is 37.6. The number of alkyl halides is 3. The highest BCUT2D eigenvalue weighted by atomic mass is 35.5. The van der Waals surface area contributed by atoms with Crippen molar-refractivity contribution in [3.8, 4) is 0 Å². The van der Waals surface area contributed by atoms with E-state index in [-0.39, 0.29) is 16.5 Å². The largest absolute Gasteiger partial charge is 0.452 e. The summed E-state index contributed by atoms with van der Waals surface area (Å²) in [6.45, 7) is -0.270. The Hall–Kier alpha value is -3.07. The fourth-order valence-electron chi connectivity index (χ4n) is 3.00. The number of nitrogens with one attached hydrogen (secondary N) is 1. The Kier molecular flexibility index (Phi) is 6.31. The minimum atomic E-state index is -4.72. The minimum absolute atomic E-state index is 0.0555. The van der Waals surface area contributed by atoms with Crippen molar-refractivity contribution in [3.63, 3.8) is 0 Å². The predicted molar refractivity (Wildman–Crippen MR) is 103 cm³/mol. The summed E-state index contributed by atoms with van der Waals surface area (Å²) < 4.78 is 44.1. The normalized spacial score (nSPS) is 14.0. The lowest BCUT2D eigenvalue weighted by molar-refractivity contribution is -0.137. The molecule has 2 aromatic carbocycles. The highest BCUT2D eigenvalue weighted by Gasteiger charge is 2.35. The van der Waals surface area contributed by atoms with Gasteiger partial charge in [0, 0.05) is 18.7 Å². The van der Waals surface area contributed by atoms with E-state index in [1.165, 1.54) is 18.2 Å². The van der Waals surface area contributed by atoms with Gasteiger partial charge in [0.05, 0.1) is 21.8 Å². The lowest BCUT2D eigenvalue weighted by Gasteiger charge is -2.16. The van der Waals surface area contributed by atoms with Crippen molar-refractivity contribution >= 4 is 40.8 Å². The Labute approximate surface area is 174 Å². The van der Waals surface area contributed by atoms with E-state index in [2.05, 4.69) is 0 Å². The third kappa shape index (κ3) is 4.91. The van der Waals surface area contributed by atoms with E-state index in [4.69, 9.17) is 16.3 Å². The van der Waals surface area contributed by atoms with E-state index >= 15 is 0 Å². The van der Waals surface area contributed by atoms with Gasteiger partial charge in [0.25, 0.3) is 5.91 Å². The van der Waals surface area contributed by atoms with Gasteiger partial charge in [0.2, 0.25) is 5.91 Å². The lowest BCUT2D eigenvalue weighted by Crippen LogP contribution is -2.24. The van der Waals surface area contributed by atoms with Crippen molar-refractivity contribution in [2.24, 2.45) is 0 Å². The van der Waals surface area contributed by atoms with Crippen LogP contribution >= 0.6 is 11.6 Å². The summed E-state index contributed by atoms with van der Waals surface area (Å²) in [5.74, 6) is -1.89. The molecule has 2 aromatic rings. The van der Waals surface area contributed by atoms with E-state index in [0.29, 0.717) is 18.7 Å². The molecule has 0 atom stereocenters. The topological polar surface area (TPSA) is 75.7 Å².